The number of H-pyrrole nitrogens is 1. The molecule has 0 aromatic carbocycles. The smallest absolute Gasteiger partial charge is 0.303 e. The number of aromatic amines is 1. The molecule has 0 aliphatic carbocycles. The van der Waals surface area contributed by atoms with E-state index in [0.29, 0.717) is 18.8 Å². The maximum absolute atomic E-state index is 11.9. The molecule has 0 spiro atoms. The fraction of sp³-hybridized carbons (Fsp3) is 0.692. The number of carboxylic acids is 1. The van der Waals surface area contributed by atoms with Crippen LogP contribution in [0.1, 0.15) is 57.0 Å². The van der Waals surface area contributed by atoms with Crippen LogP contribution in [-0.4, -0.2) is 38.7 Å². The van der Waals surface area contributed by atoms with E-state index >= 15 is 0 Å². The molecule has 1 rings (SSSR count). The van der Waals surface area contributed by atoms with Crippen LogP contribution in [0.15, 0.2) is 0 Å². The fourth-order valence-corrected chi connectivity index (χ4v) is 1.62. The van der Waals surface area contributed by atoms with Crippen LogP contribution >= 0.6 is 0 Å². The van der Waals surface area contributed by atoms with Crippen LogP contribution in [0.5, 0.6) is 0 Å². The molecule has 1 unspecified atom stereocenters. The van der Waals surface area contributed by atoms with Gasteiger partial charge >= 0.3 is 5.97 Å². The minimum atomic E-state index is -0.862. The topological polar surface area (TPSA) is 108 Å². The van der Waals surface area contributed by atoms with Gasteiger partial charge in [0, 0.05) is 18.4 Å². The summed E-state index contributed by atoms with van der Waals surface area (Å²) in [7, 11) is 0. The summed E-state index contributed by atoms with van der Waals surface area (Å²) >= 11 is 0. The second-order valence-corrected chi connectivity index (χ2v) is 5.84. The molecule has 3 N–H and O–H groups in total. The number of carbonyl (C=O) groups is 2. The third-order valence-electron chi connectivity index (χ3n) is 2.99. The van der Waals surface area contributed by atoms with E-state index in [1.165, 1.54) is 0 Å². The average Bonchev–Trinajstić information content (AvgIpc) is 2.82. The molecule has 112 valence electrons. The lowest BCUT2D eigenvalue weighted by Crippen LogP contribution is -2.31. The molecular formula is C13H22N4O3. The van der Waals surface area contributed by atoms with E-state index in [0.717, 1.165) is 0 Å². The van der Waals surface area contributed by atoms with Gasteiger partial charge in [0.2, 0.25) is 5.82 Å². The van der Waals surface area contributed by atoms with E-state index in [1.54, 1.807) is 0 Å². The van der Waals surface area contributed by atoms with E-state index in [9.17, 15) is 9.59 Å². The molecule has 0 fully saturated rings. The third kappa shape index (κ3) is 4.64. The van der Waals surface area contributed by atoms with Crippen molar-refractivity contribution in [3.63, 3.8) is 0 Å². The SMILES string of the molecule is CCC(CNC(=O)c1n[nH]c(C(C)(C)C)n1)CC(=O)O. The van der Waals surface area contributed by atoms with Crippen LogP contribution in [0.3, 0.4) is 0 Å². The third-order valence-corrected chi connectivity index (χ3v) is 2.99. The predicted octanol–water partition coefficient (Wildman–Crippen LogP) is 1.33. The van der Waals surface area contributed by atoms with Gasteiger partial charge in [0.05, 0.1) is 0 Å². The maximum Gasteiger partial charge on any atom is 0.303 e. The number of aromatic nitrogens is 3. The Morgan fingerprint density at radius 3 is 2.50 bits per heavy atom. The summed E-state index contributed by atoms with van der Waals surface area (Å²) in [4.78, 5) is 26.7. The number of carboxylic acid groups (broad SMARTS) is 1. The lowest BCUT2D eigenvalue weighted by atomic mass is 9.96. The van der Waals surface area contributed by atoms with Gasteiger partial charge in [0.15, 0.2) is 0 Å². The number of aliphatic carboxylic acids is 1. The lowest BCUT2D eigenvalue weighted by Gasteiger charge is -2.13. The monoisotopic (exact) mass is 282 g/mol. The highest BCUT2D eigenvalue weighted by Crippen LogP contribution is 2.17. The summed E-state index contributed by atoms with van der Waals surface area (Å²) in [5.41, 5.74) is -0.208. The van der Waals surface area contributed by atoms with Gasteiger partial charge in [-0.05, 0) is 5.92 Å². The van der Waals surface area contributed by atoms with Crippen molar-refractivity contribution >= 4 is 11.9 Å². The quantitative estimate of drug-likeness (QED) is 0.729. The molecule has 0 aliphatic heterocycles. The second-order valence-electron chi connectivity index (χ2n) is 5.84. The number of amides is 1. The minimum Gasteiger partial charge on any atom is -0.481 e. The molecule has 1 aromatic heterocycles. The lowest BCUT2D eigenvalue weighted by molar-refractivity contribution is -0.138. The molecule has 0 radical (unpaired) electrons. The molecule has 1 amide bonds. The van der Waals surface area contributed by atoms with Crippen molar-refractivity contribution in [3.05, 3.63) is 11.6 Å². The Kier molecular flexibility index (Phi) is 5.24. The molecule has 7 nitrogen and oxygen atoms in total. The Morgan fingerprint density at radius 1 is 1.40 bits per heavy atom. The molecule has 0 aliphatic rings. The van der Waals surface area contributed by atoms with Gasteiger partial charge in [-0.25, -0.2) is 4.98 Å². The minimum absolute atomic E-state index is 0.0397. The summed E-state index contributed by atoms with van der Waals surface area (Å²) in [5, 5.41) is 18.0. The van der Waals surface area contributed by atoms with Gasteiger partial charge in [-0.2, -0.15) is 0 Å². The maximum atomic E-state index is 11.9. The van der Waals surface area contributed by atoms with Crippen molar-refractivity contribution in [1.82, 2.24) is 20.5 Å². The fourth-order valence-electron chi connectivity index (χ4n) is 1.62. The number of rotatable bonds is 6. The normalized spacial score (nSPS) is 13.0. The van der Waals surface area contributed by atoms with Crippen molar-refractivity contribution in [1.29, 1.82) is 0 Å². The van der Waals surface area contributed by atoms with Crippen LogP contribution in [-0.2, 0) is 10.2 Å². The second kappa shape index (κ2) is 6.49. The zero-order valence-electron chi connectivity index (χ0n) is 12.4. The molecule has 1 aromatic rings. The first-order valence-corrected chi connectivity index (χ1v) is 6.67. The molecule has 1 heterocycles. The standard InChI is InChI=1S/C13H22N4O3/c1-5-8(6-9(18)19)7-14-11(20)10-15-12(17-16-10)13(2,3)4/h8H,5-7H2,1-4H3,(H,14,20)(H,18,19)(H,15,16,17). The van der Waals surface area contributed by atoms with Gasteiger partial charge in [-0.15, -0.1) is 5.10 Å². The summed E-state index contributed by atoms with van der Waals surface area (Å²) in [6.45, 7) is 8.10. The number of hydrogen-bond acceptors (Lipinski definition) is 4. The number of nitrogens with zero attached hydrogens (tertiary/aromatic N) is 2. The molecule has 0 bridgehead atoms. The van der Waals surface area contributed by atoms with E-state index in [2.05, 4.69) is 20.5 Å². The summed E-state index contributed by atoms with van der Waals surface area (Å²) in [6.07, 6.45) is 0.728. The molecule has 1 atom stereocenters. The number of hydrogen-bond donors (Lipinski definition) is 3. The number of carbonyl (C=O) groups excluding carboxylic acids is 1. The predicted molar refractivity (Wildman–Crippen MR) is 73.4 cm³/mol. The van der Waals surface area contributed by atoms with Gasteiger partial charge in [0.1, 0.15) is 5.82 Å². The molecular weight excluding hydrogens is 260 g/mol. The first kappa shape index (κ1) is 16.1. The molecule has 20 heavy (non-hydrogen) atoms. The van der Waals surface area contributed by atoms with Crippen molar-refractivity contribution in [2.45, 2.75) is 46.0 Å². The van der Waals surface area contributed by atoms with E-state index in [4.69, 9.17) is 5.11 Å². The summed E-state index contributed by atoms with van der Waals surface area (Å²) < 4.78 is 0. The van der Waals surface area contributed by atoms with Crippen molar-refractivity contribution in [2.75, 3.05) is 6.54 Å². The Bertz CT molecular complexity index is 476. The largest absolute Gasteiger partial charge is 0.481 e. The van der Waals surface area contributed by atoms with Crippen LogP contribution in [0.4, 0.5) is 0 Å². The molecule has 7 heteroatoms. The van der Waals surface area contributed by atoms with Crippen LogP contribution in [0.2, 0.25) is 0 Å². The Balaban J connectivity index is 2.58. The van der Waals surface area contributed by atoms with Gasteiger partial charge < -0.3 is 10.4 Å². The zero-order chi connectivity index (χ0) is 15.3. The average molecular weight is 282 g/mol. The van der Waals surface area contributed by atoms with Crippen molar-refractivity contribution < 1.29 is 14.7 Å². The van der Waals surface area contributed by atoms with Gasteiger partial charge in [-0.3, -0.25) is 14.7 Å². The summed E-state index contributed by atoms with van der Waals surface area (Å²) in [6, 6.07) is 0. The first-order valence-electron chi connectivity index (χ1n) is 6.67. The van der Waals surface area contributed by atoms with Gasteiger partial charge in [-0.1, -0.05) is 34.1 Å². The highest BCUT2D eigenvalue weighted by atomic mass is 16.4. The van der Waals surface area contributed by atoms with Crippen LogP contribution in [0.25, 0.3) is 0 Å². The highest BCUT2D eigenvalue weighted by molar-refractivity contribution is 5.90. The van der Waals surface area contributed by atoms with E-state index in [-0.39, 0.29) is 29.5 Å². The zero-order valence-corrected chi connectivity index (χ0v) is 12.4. The van der Waals surface area contributed by atoms with E-state index < -0.39 is 5.97 Å². The Labute approximate surface area is 118 Å². The molecule has 0 saturated heterocycles. The first-order chi connectivity index (χ1) is 9.24. The van der Waals surface area contributed by atoms with Crippen LogP contribution in [0, 0.1) is 5.92 Å². The van der Waals surface area contributed by atoms with Gasteiger partial charge in [0.25, 0.3) is 5.91 Å². The Hall–Kier alpha value is -1.92. The number of nitrogens with one attached hydrogen (secondary N) is 2. The Morgan fingerprint density at radius 2 is 2.05 bits per heavy atom. The van der Waals surface area contributed by atoms with Crippen LogP contribution < -0.4 is 5.32 Å². The van der Waals surface area contributed by atoms with Crippen molar-refractivity contribution in [3.8, 4) is 0 Å². The summed E-state index contributed by atoms with van der Waals surface area (Å²) in [5.74, 6) is -0.614. The van der Waals surface area contributed by atoms with E-state index in [1.807, 2.05) is 27.7 Å². The highest BCUT2D eigenvalue weighted by Gasteiger charge is 2.21. The van der Waals surface area contributed by atoms with Crippen molar-refractivity contribution in [2.24, 2.45) is 5.92 Å². The molecule has 0 saturated carbocycles.